The van der Waals surface area contributed by atoms with Crippen molar-refractivity contribution in [1.29, 1.82) is 0 Å². The summed E-state index contributed by atoms with van der Waals surface area (Å²) in [6.45, 7) is 28.6. The van der Waals surface area contributed by atoms with Crippen LogP contribution in [0.4, 0.5) is 0 Å². The molecule has 0 spiro atoms. The van der Waals surface area contributed by atoms with Crippen LogP contribution < -0.4 is 27.0 Å². The van der Waals surface area contributed by atoms with Crippen LogP contribution in [-0.2, 0) is 57.5 Å². The van der Waals surface area contributed by atoms with Gasteiger partial charge in [0.1, 0.15) is 60.4 Å². The molecule has 1 rings (SSSR count). The molecule has 0 aromatic carbocycles. The van der Waals surface area contributed by atoms with Crippen molar-refractivity contribution >= 4 is 70.9 Å². The van der Waals surface area contributed by atoms with E-state index in [9.17, 15) is 43.2 Å². The molecule has 0 aromatic heterocycles. The number of carbonyl (C=O) groups is 12. The Bertz CT molecular complexity index is 2360. The van der Waals surface area contributed by atoms with Gasteiger partial charge in [0.05, 0.1) is 6.54 Å². The fourth-order valence-corrected chi connectivity index (χ4v) is 10.9. The maximum Gasteiger partial charge on any atom is 0.245 e. The lowest BCUT2D eigenvalue weighted by atomic mass is 9.95. The van der Waals surface area contributed by atoms with Crippen LogP contribution in [0, 0.1) is 41.4 Å². The van der Waals surface area contributed by atoms with Gasteiger partial charge in [0.15, 0.2) is 0 Å². The van der Waals surface area contributed by atoms with Crippen LogP contribution in [-0.4, -0.2) is 221 Å². The van der Waals surface area contributed by atoms with E-state index in [0.29, 0.717) is 6.42 Å². The maximum atomic E-state index is 15.2. The van der Waals surface area contributed by atoms with E-state index in [1.807, 2.05) is 90.0 Å². The molecule has 12 amide bonds. The number of carbonyl (C=O) groups excluding carboxylic acids is 12. The topological polar surface area (TPSA) is 302 Å². The van der Waals surface area contributed by atoms with Gasteiger partial charge in [-0.1, -0.05) is 110 Å². The Labute approximate surface area is 520 Å². The van der Waals surface area contributed by atoms with Gasteiger partial charge in [0, 0.05) is 55.8 Å². The van der Waals surface area contributed by atoms with Crippen molar-refractivity contribution in [2.24, 2.45) is 47.2 Å². The SMILES string of the molecule is CCC[C@@H]1NC(=O)[C@H](CC(C)C)N(C)C(=O)[C@H](CC(C)C)N(C)C(=O)[C@H](CC(C)C)N(C)C(=O)[C@H](CC(C)C)N(C)C(=O)[C@@H](C)NC(=O)[C@H](CCC(N)=O)NC(=O)[C@H](CC(C)C)N(C)C(=O)[C@H](C(C)C)NC(=O)[C@H](CC(C)C)N(C)C(=O)CN(C)C1=O. The first-order valence-electron chi connectivity index (χ1n) is 31.5. The summed E-state index contributed by atoms with van der Waals surface area (Å²) in [5, 5.41) is 11.1. The minimum atomic E-state index is -1.46. The third-order valence-corrected chi connectivity index (χ3v) is 16.1. The monoisotopic (exact) mass is 1230 g/mol. The summed E-state index contributed by atoms with van der Waals surface area (Å²) in [6, 6.07) is -12.1. The molecule has 498 valence electrons. The molecule has 0 aromatic rings. The predicted octanol–water partition coefficient (Wildman–Crippen LogP) is 3.38. The standard InChI is InChI=1S/C63H114N12O12/c1-24-25-44-59(83)69(17)34-52(77)70(18)45(28-35(2)3)57(81)68-53(41(14)15)63(87)72(20)47(30-37(6)7)55(79)66-43(26-27-51(64)76)54(78)65-42(16)58(82)73(21)48(31-38(8)9)61(85)75(23)50(33-40(12)13)62(86)74(22)49(32-39(10)11)60(84)71(19)46(29-36(4)5)56(80)67-44/h35-50,53H,24-34H2,1-23H3,(H2,64,76)(H,65,78)(H,66,79)(H,67,80)(H,68,81)/t42-,43+,44+,45+,46+,47+,48+,49+,50+,53+/m1/s1. The van der Waals surface area contributed by atoms with Crippen LogP contribution in [0.5, 0.6) is 0 Å². The Hall–Kier alpha value is -6.36. The molecule has 0 aliphatic carbocycles. The Morgan fingerprint density at radius 2 is 0.736 bits per heavy atom. The molecule has 1 saturated heterocycles. The summed E-state index contributed by atoms with van der Waals surface area (Å²) in [5.41, 5.74) is 5.55. The van der Waals surface area contributed by atoms with Crippen LogP contribution >= 0.6 is 0 Å². The number of nitrogens with two attached hydrogens (primary N) is 1. The fourth-order valence-electron chi connectivity index (χ4n) is 10.9. The molecule has 1 heterocycles. The lowest BCUT2D eigenvalue weighted by Gasteiger charge is -2.40. The first-order chi connectivity index (χ1) is 40.1. The summed E-state index contributed by atoms with van der Waals surface area (Å²) in [4.78, 5) is 182. The second kappa shape index (κ2) is 36.2. The minimum Gasteiger partial charge on any atom is -0.370 e. The highest BCUT2D eigenvalue weighted by atomic mass is 16.2. The summed E-state index contributed by atoms with van der Waals surface area (Å²) in [6.07, 6.45) is 0.864. The molecule has 0 radical (unpaired) electrons. The van der Waals surface area contributed by atoms with E-state index in [1.165, 1.54) is 90.6 Å². The van der Waals surface area contributed by atoms with Crippen LogP contribution in [0.2, 0.25) is 0 Å². The zero-order valence-electron chi connectivity index (χ0n) is 57.2. The summed E-state index contributed by atoms with van der Waals surface area (Å²) >= 11 is 0. The number of amides is 12. The highest BCUT2D eigenvalue weighted by Crippen LogP contribution is 2.25. The molecule has 0 unspecified atom stereocenters. The number of nitrogens with zero attached hydrogens (tertiary/aromatic N) is 7. The summed E-state index contributed by atoms with van der Waals surface area (Å²) in [5.74, 6) is -9.44. The van der Waals surface area contributed by atoms with Gasteiger partial charge in [0.2, 0.25) is 70.9 Å². The van der Waals surface area contributed by atoms with Crippen LogP contribution in [0.3, 0.4) is 0 Å². The third-order valence-electron chi connectivity index (χ3n) is 16.1. The number of nitrogens with one attached hydrogen (secondary N) is 4. The van der Waals surface area contributed by atoms with Gasteiger partial charge < -0.3 is 61.3 Å². The van der Waals surface area contributed by atoms with E-state index in [2.05, 4.69) is 21.3 Å². The quantitative estimate of drug-likeness (QED) is 0.132. The summed E-state index contributed by atoms with van der Waals surface area (Å²) in [7, 11) is 10.1. The molecule has 6 N–H and O–H groups in total. The average molecular weight is 1230 g/mol. The minimum absolute atomic E-state index is 0.0881. The van der Waals surface area contributed by atoms with Crippen LogP contribution in [0.1, 0.15) is 175 Å². The number of likely N-dealkylation sites (N-methyl/N-ethyl adjacent to an activating group) is 7. The van der Waals surface area contributed by atoms with Gasteiger partial charge in [-0.2, -0.15) is 0 Å². The Balaban J connectivity index is 4.38. The molecule has 24 heteroatoms. The highest BCUT2D eigenvalue weighted by Gasteiger charge is 2.44. The van der Waals surface area contributed by atoms with E-state index in [4.69, 9.17) is 5.73 Å². The van der Waals surface area contributed by atoms with Crippen molar-refractivity contribution in [2.75, 3.05) is 55.9 Å². The van der Waals surface area contributed by atoms with Gasteiger partial charge in [0.25, 0.3) is 0 Å². The molecule has 1 fully saturated rings. The Morgan fingerprint density at radius 3 is 1.09 bits per heavy atom. The van der Waals surface area contributed by atoms with Gasteiger partial charge in [-0.3, -0.25) is 57.5 Å². The lowest BCUT2D eigenvalue weighted by Crippen LogP contribution is -2.61. The van der Waals surface area contributed by atoms with Crippen molar-refractivity contribution in [2.45, 2.75) is 235 Å². The maximum absolute atomic E-state index is 15.2. The third kappa shape index (κ3) is 23.9. The second-order valence-electron chi connectivity index (χ2n) is 27.2. The average Bonchev–Trinajstić information content (AvgIpc) is 1.62. The molecular weight excluding hydrogens is 1120 g/mol. The molecule has 87 heavy (non-hydrogen) atoms. The highest BCUT2D eigenvalue weighted by molar-refractivity contribution is 5.99. The molecule has 1 aliphatic rings. The van der Waals surface area contributed by atoms with Crippen LogP contribution in [0.15, 0.2) is 0 Å². The number of hydrogen-bond donors (Lipinski definition) is 5. The zero-order chi connectivity index (χ0) is 67.4. The normalized spacial score (nSPS) is 25.7. The molecular formula is C63H114N12O12. The number of hydrogen-bond acceptors (Lipinski definition) is 12. The van der Waals surface area contributed by atoms with Gasteiger partial charge in [-0.05, 0) is 99.7 Å². The predicted molar refractivity (Wildman–Crippen MR) is 335 cm³/mol. The van der Waals surface area contributed by atoms with Crippen molar-refractivity contribution in [3.8, 4) is 0 Å². The lowest BCUT2D eigenvalue weighted by molar-refractivity contribution is -0.155. The molecule has 1 aliphatic heterocycles. The first-order valence-corrected chi connectivity index (χ1v) is 31.5. The van der Waals surface area contributed by atoms with Gasteiger partial charge in [-0.15, -0.1) is 0 Å². The summed E-state index contributed by atoms with van der Waals surface area (Å²) < 4.78 is 0. The van der Waals surface area contributed by atoms with E-state index >= 15 is 14.4 Å². The molecule has 0 saturated carbocycles. The molecule has 0 bridgehead atoms. The largest absolute Gasteiger partial charge is 0.370 e. The van der Waals surface area contributed by atoms with Crippen molar-refractivity contribution in [3.05, 3.63) is 0 Å². The van der Waals surface area contributed by atoms with E-state index in [0.717, 1.165) is 0 Å². The first kappa shape index (κ1) is 78.7. The number of rotatable bonds is 18. The molecule has 24 nitrogen and oxygen atoms in total. The molecule has 10 atom stereocenters. The van der Waals surface area contributed by atoms with Crippen molar-refractivity contribution in [3.63, 3.8) is 0 Å². The van der Waals surface area contributed by atoms with Gasteiger partial charge >= 0.3 is 0 Å². The van der Waals surface area contributed by atoms with Crippen LogP contribution in [0.25, 0.3) is 0 Å². The van der Waals surface area contributed by atoms with E-state index in [1.54, 1.807) is 13.8 Å². The van der Waals surface area contributed by atoms with Crippen molar-refractivity contribution < 1.29 is 57.5 Å². The fraction of sp³-hybridized carbons (Fsp3) is 0.810. The van der Waals surface area contributed by atoms with E-state index < -0.39 is 144 Å². The smallest absolute Gasteiger partial charge is 0.245 e. The van der Waals surface area contributed by atoms with Gasteiger partial charge in [-0.25, -0.2) is 0 Å². The van der Waals surface area contributed by atoms with Crippen molar-refractivity contribution in [1.82, 2.24) is 55.6 Å². The Kier molecular flexibility index (Phi) is 32.7. The zero-order valence-corrected chi connectivity index (χ0v) is 57.2. The van der Waals surface area contributed by atoms with E-state index in [-0.39, 0.29) is 93.3 Å². The number of primary amides is 1. The second-order valence-corrected chi connectivity index (χ2v) is 27.2. The Morgan fingerprint density at radius 1 is 0.414 bits per heavy atom.